The second kappa shape index (κ2) is 6.83. The number of nitrogens with two attached hydrogens (primary N) is 1. The highest BCUT2D eigenvalue weighted by atomic mass is 16.3. The maximum Gasteiger partial charge on any atom is 0.231 e. The molecule has 5 heteroatoms. The molecule has 20 heavy (non-hydrogen) atoms. The Balaban J connectivity index is 1.80. The van der Waals surface area contributed by atoms with Gasteiger partial charge >= 0.3 is 0 Å². The van der Waals surface area contributed by atoms with Crippen molar-refractivity contribution in [2.45, 2.75) is 13.0 Å². The summed E-state index contributed by atoms with van der Waals surface area (Å²) in [6, 6.07) is 7.99. The predicted molar refractivity (Wildman–Crippen MR) is 78.2 cm³/mol. The van der Waals surface area contributed by atoms with Crippen molar-refractivity contribution in [1.29, 1.82) is 0 Å². The molecule has 1 heterocycles. The van der Waals surface area contributed by atoms with E-state index < -0.39 is 6.10 Å². The zero-order valence-corrected chi connectivity index (χ0v) is 12.0. The van der Waals surface area contributed by atoms with Crippen LogP contribution in [-0.2, 0) is 4.79 Å². The van der Waals surface area contributed by atoms with Crippen LogP contribution in [0.2, 0.25) is 0 Å². The van der Waals surface area contributed by atoms with Crippen LogP contribution in [0.15, 0.2) is 24.3 Å². The van der Waals surface area contributed by atoms with Crippen molar-refractivity contribution in [3.8, 4) is 0 Å². The van der Waals surface area contributed by atoms with Gasteiger partial charge in [-0.2, -0.15) is 0 Å². The number of aliphatic hydroxyl groups is 1. The van der Waals surface area contributed by atoms with Gasteiger partial charge in [0.05, 0.1) is 12.6 Å². The molecule has 3 N–H and O–H groups in total. The van der Waals surface area contributed by atoms with Gasteiger partial charge in [-0.3, -0.25) is 14.6 Å². The summed E-state index contributed by atoms with van der Waals surface area (Å²) in [4.78, 5) is 15.1. The van der Waals surface area contributed by atoms with E-state index in [0.29, 0.717) is 13.1 Å². The Hall–Kier alpha value is -1.43. The number of hydrogen-bond donors (Lipinski definition) is 2. The molecule has 1 aliphatic rings. The van der Waals surface area contributed by atoms with Gasteiger partial charge in [0, 0.05) is 32.7 Å². The molecule has 0 aromatic heterocycles. The topological polar surface area (TPSA) is 69.8 Å². The van der Waals surface area contributed by atoms with E-state index in [9.17, 15) is 9.90 Å². The van der Waals surface area contributed by atoms with Crippen molar-refractivity contribution in [2.24, 2.45) is 5.73 Å². The SMILES string of the molecule is Cc1ccc(C(O)CN2CCN(CC(N)=O)CC2)cc1. The number of aryl methyl sites for hydroxylation is 1. The summed E-state index contributed by atoms with van der Waals surface area (Å²) < 4.78 is 0. The summed E-state index contributed by atoms with van der Waals surface area (Å²) in [5.41, 5.74) is 7.34. The summed E-state index contributed by atoms with van der Waals surface area (Å²) in [6.07, 6.45) is -0.460. The zero-order chi connectivity index (χ0) is 14.5. The van der Waals surface area contributed by atoms with E-state index in [2.05, 4.69) is 9.80 Å². The number of benzene rings is 1. The summed E-state index contributed by atoms with van der Waals surface area (Å²) in [7, 11) is 0. The lowest BCUT2D eigenvalue weighted by atomic mass is 10.1. The molecule has 1 aromatic rings. The molecule has 1 fully saturated rings. The van der Waals surface area contributed by atoms with E-state index in [-0.39, 0.29) is 5.91 Å². The van der Waals surface area contributed by atoms with E-state index in [1.807, 2.05) is 31.2 Å². The lowest BCUT2D eigenvalue weighted by Crippen LogP contribution is -2.49. The van der Waals surface area contributed by atoms with Gasteiger partial charge in [0.15, 0.2) is 0 Å². The van der Waals surface area contributed by atoms with Crippen LogP contribution in [0.4, 0.5) is 0 Å². The fourth-order valence-electron chi connectivity index (χ4n) is 2.49. The first-order valence-corrected chi connectivity index (χ1v) is 7.02. The third-order valence-corrected chi connectivity index (χ3v) is 3.74. The van der Waals surface area contributed by atoms with Gasteiger partial charge in [0.25, 0.3) is 0 Å². The van der Waals surface area contributed by atoms with Crippen LogP contribution < -0.4 is 5.73 Å². The maximum atomic E-state index is 10.9. The molecule has 5 nitrogen and oxygen atoms in total. The lowest BCUT2D eigenvalue weighted by molar-refractivity contribution is -0.119. The molecular weight excluding hydrogens is 254 g/mol. The summed E-state index contributed by atoms with van der Waals surface area (Å²) in [5.74, 6) is -0.279. The van der Waals surface area contributed by atoms with Crippen LogP contribution in [-0.4, -0.2) is 60.1 Å². The molecule has 110 valence electrons. The number of amides is 1. The molecule has 1 aromatic carbocycles. The van der Waals surface area contributed by atoms with Gasteiger partial charge in [-0.05, 0) is 12.5 Å². The minimum absolute atomic E-state index is 0.279. The van der Waals surface area contributed by atoms with E-state index in [1.165, 1.54) is 5.56 Å². The zero-order valence-electron chi connectivity index (χ0n) is 12.0. The first-order valence-electron chi connectivity index (χ1n) is 7.02. The average Bonchev–Trinajstić information content (AvgIpc) is 2.41. The number of carbonyl (C=O) groups is 1. The minimum Gasteiger partial charge on any atom is -0.387 e. The van der Waals surface area contributed by atoms with Crippen molar-refractivity contribution in [1.82, 2.24) is 9.80 Å². The Labute approximate surface area is 120 Å². The molecule has 1 unspecified atom stereocenters. The van der Waals surface area contributed by atoms with Crippen LogP contribution in [0.1, 0.15) is 17.2 Å². The van der Waals surface area contributed by atoms with Crippen molar-refractivity contribution in [3.63, 3.8) is 0 Å². The first kappa shape index (κ1) is 15.0. The van der Waals surface area contributed by atoms with Gasteiger partial charge in [0.2, 0.25) is 5.91 Å². The van der Waals surface area contributed by atoms with Crippen LogP contribution in [0, 0.1) is 6.92 Å². The Morgan fingerprint density at radius 3 is 2.30 bits per heavy atom. The predicted octanol–water partition coefficient (Wildman–Crippen LogP) is 0.131. The summed E-state index contributed by atoms with van der Waals surface area (Å²) in [6.45, 7) is 6.36. The average molecular weight is 277 g/mol. The Kier molecular flexibility index (Phi) is 5.11. The normalized spacial score (nSPS) is 18.9. The molecule has 0 bridgehead atoms. The molecular formula is C15H23N3O2. The Bertz CT molecular complexity index is 439. The summed E-state index contributed by atoms with van der Waals surface area (Å²) in [5, 5.41) is 10.2. The fraction of sp³-hybridized carbons (Fsp3) is 0.533. The second-order valence-corrected chi connectivity index (χ2v) is 5.47. The molecule has 0 aliphatic carbocycles. The number of aliphatic hydroxyl groups excluding tert-OH is 1. The number of rotatable bonds is 5. The van der Waals surface area contributed by atoms with E-state index in [1.54, 1.807) is 0 Å². The van der Waals surface area contributed by atoms with Crippen LogP contribution in [0.25, 0.3) is 0 Å². The lowest BCUT2D eigenvalue weighted by Gasteiger charge is -2.35. The fourth-order valence-corrected chi connectivity index (χ4v) is 2.49. The molecule has 1 atom stereocenters. The van der Waals surface area contributed by atoms with Gasteiger partial charge in [-0.1, -0.05) is 29.8 Å². The molecule has 0 radical (unpaired) electrons. The number of β-amino-alcohol motifs (C(OH)–C–C–N with tert-alkyl or cyclic N) is 1. The van der Waals surface area contributed by atoms with Crippen molar-refractivity contribution >= 4 is 5.91 Å². The molecule has 1 saturated heterocycles. The molecule has 0 saturated carbocycles. The van der Waals surface area contributed by atoms with Crippen molar-refractivity contribution in [2.75, 3.05) is 39.3 Å². The number of nitrogens with zero attached hydrogens (tertiary/aromatic N) is 2. The molecule has 0 spiro atoms. The third kappa shape index (κ3) is 4.30. The van der Waals surface area contributed by atoms with Gasteiger partial charge < -0.3 is 10.8 Å². The Morgan fingerprint density at radius 1 is 1.20 bits per heavy atom. The standard InChI is InChI=1S/C15H23N3O2/c1-12-2-4-13(5-3-12)14(19)10-17-6-8-18(9-7-17)11-15(16)20/h2-5,14,19H,6-11H2,1H3,(H2,16,20). The van der Waals surface area contributed by atoms with Crippen LogP contribution in [0.3, 0.4) is 0 Å². The van der Waals surface area contributed by atoms with Crippen molar-refractivity contribution in [3.05, 3.63) is 35.4 Å². The van der Waals surface area contributed by atoms with Crippen LogP contribution in [0.5, 0.6) is 0 Å². The Morgan fingerprint density at radius 2 is 1.75 bits per heavy atom. The second-order valence-electron chi connectivity index (χ2n) is 5.47. The smallest absolute Gasteiger partial charge is 0.231 e. The van der Waals surface area contributed by atoms with Crippen LogP contribution >= 0.6 is 0 Å². The number of primary amides is 1. The highest BCUT2D eigenvalue weighted by Crippen LogP contribution is 2.16. The van der Waals surface area contributed by atoms with E-state index >= 15 is 0 Å². The monoisotopic (exact) mass is 277 g/mol. The first-order chi connectivity index (χ1) is 9.54. The molecule has 1 aliphatic heterocycles. The summed E-state index contributed by atoms with van der Waals surface area (Å²) >= 11 is 0. The third-order valence-electron chi connectivity index (χ3n) is 3.74. The van der Waals surface area contributed by atoms with Crippen molar-refractivity contribution < 1.29 is 9.90 Å². The number of hydrogen-bond acceptors (Lipinski definition) is 4. The van der Waals surface area contributed by atoms with Gasteiger partial charge in [0.1, 0.15) is 0 Å². The highest BCUT2D eigenvalue weighted by molar-refractivity contribution is 5.75. The van der Waals surface area contributed by atoms with Gasteiger partial charge in [-0.15, -0.1) is 0 Å². The van der Waals surface area contributed by atoms with Gasteiger partial charge in [-0.25, -0.2) is 0 Å². The largest absolute Gasteiger partial charge is 0.387 e. The number of carbonyl (C=O) groups excluding carboxylic acids is 1. The van der Waals surface area contributed by atoms with E-state index in [4.69, 9.17) is 5.73 Å². The minimum atomic E-state index is -0.460. The maximum absolute atomic E-state index is 10.9. The molecule has 2 rings (SSSR count). The molecule has 1 amide bonds. The number of piperazine rings is 1. The van der Waals surface area contributed by atoms with E-state index in [0.717, 1.165) is 31.7 Å². The quantitative estimate of drug-likeness (QED) is 0.803. The highest BCUT2D eigenvalue weighted by Gasteiger charge is 2.20.